The van der Waals surface area contributed by atoms with Crippen molar-refractivity contribution in [3.05, 3.63) is 78.1 Å². The number of aromatic nitrogens is 3. The van der Waals surface area contributed by atoms with Crippen molar-refractivity contribution in [1.82, 2.24) is 19.4 Å². The molecule has 1 saturated heterocycles. The number of hydrogen-bond acceptors (Lipinski definition) is 4. The second kappa shape index (κ2) is 8.90. The molecule has 1 atom stereocenters. The Morgan fingerprint density at radius 3 is 2.72 bits per heavy atom. The lowest BCUT2D eigenvalue weighted by Gasteiger charge is -2.32. The van der Waals surface area contributed by atoms with Gasteiger partial charge in [0, 0.05) is 50.3 Å². The molecule has 0 spiro atoms. The second-order valence-electron chi connectivity index (χ2n) is 7.55. The van der Waals surface area contributed by atoms with Gasteiger partial charge in [0.15, 0.2) is 6.61 Å². The fraction of sp³-hybridized carbons (Fsp3) is 0.348. The van der Waals surface area contributed by atoms with E-state index in [0.717, 1.165) is 37.5 Å². The number of piperidine rings is 1. The lowest BCUT2D eigenvalue weighted by atomic mass is 9.97. The predicted molar refractivity (Wildman–Crippen MR) is 111 cm³/mol. The summed E-state index contributed by atoms with van der Waals surface area (Å²) in [7, 11) is 0. The Morgan fingerprint density at radius 2 is 1.93 bits per heavy atom. The molecule has 3 heterocycles. The van der Waals surface area contributed by atoms with Crippen LogP contribution in [0, 0.1) is 6.92 Å². The molecule has 4 rings (SSSR count). The van der Waals surface area contributed by atoms with Crippen molar-refractivity contribution in [2.75, 3.05) is 19.7 Å². The summed E-state index contributed by atoms with van der Waals surface area (Å²) >= 11 is 0. The van der Waals surface area contributed by atoms with E-state index in [1.807, 2.05) is 60.6 Å². The minimum atomic E-state index is 0.0301. The van der Waals surface area contributed by atoms with Crippen LogP contribution in [0.4, 0.5) is 0 Å². The van der Waals surface area contributed by atoms with Gasteiger partial charge < -0.3 is 14.2 Å². The summed E-state index contributed by atoms with van der Waals surface area (Å²) in [5, 5.41) is 0. The van der Waals surface area contributed by atoms with Crippen molar-refractivity contribution in [3.8, 4) is 5.75 Å². The van der Waals surface area contributed by atoms with Crippen molar-refractivity contribution in [3.63, 3.8) is 0 Å². The van der Waals surface area contributed by atoms with Gasteiger partial charge in [-0.05, 0) is 49.6 Å². The molecule has 0 bridgehead atoms. The van der Waals surface area contributed by atoms with E-state index in [9.17, 15) is 4.79 Å². The molecule has 150 valence electrons. The third-order valence-corrected chi connectivity index (χ3v) is 5.37. The van der Waals surface area contributed by atoms with Gasteiger partial charge in [-0.25, -0.2) is 4.98 Å². The molecule has 1 aromatic carbocycles. The maximum absolute atomic E-state index is 12.7. The first-order valence-corrected chi connectivity index (χ1v) is 10.1. The molecule has 29 heavy (non-hydrogen) atoms. The van der Waals surface area contributed by atoms with Gasteiger partial charge in [0.1, 0.15) is 11.6 Å². The zero-order chi connectivity index (χ0) is 20.1. The molecule has 0 saturated carbocycles. The molecular formula is C23H26N4O2. The number of pyridine rings is 1. The van der Waals surface area contributed by atoms with Crippen LogP contribution in [0.2, 0.25) is 0 Å². The molecule has 1 amide bonds. The number of likely N-dealkylation sites (tertiary alicyclic amines) is 1. The number of imidazole rings is 1. The zero-order valence-corrected chi connectivity index (χ0v) is 16.7. The Bertz CT molecular complexity index is 937. The maximum Gasteiger partial charge on any atom is 0.260 e. The van der Waals surface area contributed by atoms with Gasteiger partial charge in [-0.15, -0.1) is 0 Å². The monoisotopic (exact) mass is 390 g/mol. The van der Waals surface area contributed by atoms with Crippen LogP contribution in [0.1, 0.15) is 35.7 Å². The fourth-order valence-electron chi connectivity index (χ4n) is 3.78. The van der Waals surface area contributed by atoms with Gasteiger partial charge in [-0.2, -0.15) is 0 Å². The topological polar surface area (TPSA) is 60.2 Å². The molecule has 3 aromatic rings. The number of hydrogen-bond donors (Lipinski definition) is 0. The second-order valence-corrected chi connectivity index (χ2v) is 7.55. The Balaban J connectivity index is 1.38. The van der Waals surface area contributed by atoms with Crippen LogP contribution in [0.3, 0.4) is 0 Å². The molecule has 6 nitrogen and oxygen atoms in total. The molecule has 1 unspecified atom stereocenters. The summed E-state index contributed by atoms with van der Waals surface area (Å²) in [5.74, 6) is 2.04. The standard InChI is InChI=1S/C23H26N4O2/c1-18-4-6-21(7-5-18)29-17-22(28)26-13-2-3-20(16-26)23-25-12-14-27(23)15-19-8-10-24-11-9-19/h4-12,14,20H,2-3,13,15-17H2,1H3. The van der Waals surface area contributed by atoms with Gasteiger partial charge in [-0.3, -0.25) is 9.78 Å². The highest BCUT2D eigenvalue weighted by Gasteiger charge is 2.27. The average Bonchev–Trinajstić information content (AvgIpc) is 3.22. The Morgan fingerprint density at radius 1 is 1.14 bits per heavy atom. The number of nitrogens with zero attached hydrogens (tertiary/aromatic N) is 4. The van der Waals surface area contributed by atoms with Crippen LogP contribution in [0.5, 0.6) is 5.75 Å². The maximum atomic E-state index is 12.7. The number of carbonyl (C=O) groups is 1. The highest BCUT2D eigenvalue weighted by Crippen LogP contribution is 2.26. The van der Waals surface area contributed by atoms with E-state index < -0.39 is 0 Å². The quantitative estimate of drug-likeness (QED) is 0.647. The van der Waals surface area contributed by atoms with Crippen LogP contribution >= 0.6 is 0 Å². The van der Waals surface area contributed by atoms with E-state index >= 15 is 0 Å². The van der Waals surface area contributed by atoms with Crippen LogP contribution in [-0.2, 0) is 11.3 Å². The molecule has 1 aliphatic rings. The minimum Gasteiger partial charge on any atom is -0.484 e. The summed E-state index contributed by atoms with van der Waals surface area (Å²) in [6, 6.07) is 11.8. The van der Waals surface area contributed by atoms with Crippen LogP contribution in [0.25, 0.3) is 0 Å². The molecule has 2 aromatic heterocycles. The van der Waals surface area contributed by atoms with Gasteiger partial charge in [0.05, 0.1) is 0 Å². The van der Waals surface area contributed by atoms with E-state index in [2.05, 4.69) is 14.5 Å². The number of amides is 1. The number of aryl methyl sites for hydroxylation is 1. The summed E-state index contributed by atoms with van der Waals surface area (Å²) < 4.78 is 7.86. The van der Waals surface area contributed by atoms with Crippen molar-refractivity contribution >= 4 is 5.91 Å². The number of carbonyl (C=O) groups excluding carboxylic acids is 1. The number of ether oxygens (including phenoxy) is 1. The molecule has 1 fully saturated rings. The number of benzene rings is 1. The van der Waals surface area contributed by atoms with Crippen molar-refractivity contribution < 1.29 is 9.53 Å². The SMILES string of the molecule is Cc1ccc(OCC(=O)N2CCCC(c3nccn3Cc3ccncc3)C2)cc1. The van der Waals surface area contributed by atoms with Gasteiger partial charge in [0.2, 0.25) is 0 Å². The average molecular weight is 390 g/mol. The van der Waals surface area contributed by atoms with E-state index in [1.165, 1.54) is 11.1 Å². The smallest absolute Gasteiger partial charge is 0.260 e. The normalized spacial score (nSPS) is 16.6. The van der Waals surface area contributed by atoms with Crippen LogP contribution < -0.4 is 4.74 Å². The molecule has 0 N–H and O–H groups in total. The summed E-state index contributed by atoms with van der Waals surface area (Å²) in [6.45, 7) is 4.32. The molecule has 0 radical (unpaired) electrons. The minimum absolute atomic E-state index is 0.0301. The molecule has 6 heteroatoms. The Kier molecular flexibility index (Phi) is 5.89. The third-order valence-electron chi connectivity index (χ3n) is 5.37. The highest BCUT2D eigenvalue weighted by molar-refractivity contribution is 5.78. The summed E-state index contributed by atoms with van der Waals surface area (Å²) in [4.78, 5) is 23.3. The first-order valence-electron chi connectivity index (χ1n) is 10.1. The zero-order valence-electron chi connectivity index (χ0n) is 16.7. The summed E-state index contributed by atoms with van der Waals surface area (Å²) in [6.07, 6.45) is 9.48. The molecule has 1 aliphatic heterocycles. The van der Waals surface area contributed by atoms with Crippen molar-refractivity contribution in [1.29, 1.82) is 0 Å². The summed E-state index contributed by atoms with van der Waals surface area (Å²) in [5.41, 5.74) is 2.36. The van der Waals surface area contributed by atoms with Crippen LogP contribution in [-0.4, -0.2) is 45.0 Å². The van der Waals surface area contributed by atoms with E-state index in [1.54, 1.807) is 12.4 Å². The lowest BCUT2D eigenvalue weighted by Crippen LogP contribution is -2.42. The largest absolute Gasteiger partial charge is 0.484 e. The van der Waals surface area contributed by atoms with E-state index in [-0.39, 0.29) is 18.4 Å². The fourth-order valence-corrected chi connectivity index (χ4v) is 3.78. The van der Waals surface area contributed by atoms with Gasteiger partial charge in [-0.1, -0.05) is 17.7 Å². The first-order chi connectivity index (χ1) is 14.2. The van der Waals surface area contributed by atoms with E-state index in [4.69, 9.17) is 4.74 Å². The Hall–Kier alpha value is -3.15. The number of rotatable bonds is 6. The van der Waals surface area contributed by atoms with E-state index in [0.29, 0.717) is 6.54 Å². The predicted octanol–water partition coefficient (Wildman–Crippen LogP) is 3.42. The van der Waals surface area contributed by atoms with Crippen molar-refractivity contribution in [2.45, 2.75) is 32.2 Å². The van der Waals surface area contributed by atoms with Crippen molar-refractivity contribution in [2.24, 2.45) is 0 Å². The molecular weight excluding hydrogens is 364 g/mol. The van der Waals surface area contributed by atoms with Gasteiger partial charge in [0.25, 0.3) is 5.91 Å². The van der Waals surface area contributed by atoms with Gasteiger partial charge >= 0.3 is 0 Å². The third kappa shape index (κ3) is 4.83. The van der Waals surface area contributed by atoms with Crippen LogP contribution in [0.15, 0.2) is 61.2 Å². The lowest BCUT2D eigenvalue weighted by molar-refractivity contribution is -0.134. The Labute approximate surface area is 171 Å². The molecule has 0 aliphatic carbocycles. The highest BCUT2D eigenvalue weighted by atomic mass is 16.5. The first kappa shape index (κ1) is 19.2.